The highest BCUT2D eigenvalue weighted by Gasteiger charge is 2.33. The van der Waals surface area contributed by atoms with Gasteiger partial charge in [0.05, 0.1) is 0 Å². The van der Waals surface area contributed by atoms with Crippen molar-refractivity contribution in [3.8, 4) is 0 Å². The predicted octanol–water partition coefficient (Wildman–Crippen LogP) is 3.17. The molecule has 17 heavy (non-hydrogen) atoms. The molecule has 0 aliphatic heterocycles. The second kappa shape index (κ2) is 4.70. The van der Waals surface area contributed by atoms with Crippen molar-refractivity contribution in [2.45, 2.75) is 12.7 Å². The number of rotatable bonds is 3. The first kappa shape index (κ1) is 11.8. The molecule has 0 aromatic carbocycles. The maximum absolute atomic E-state index is 12.3. The molecule has 0 fully saturated rings. The molecule has 0 unspecified atom stereocenters. The first-order valence-electron chi connectivity index (χ1n) is 4.71. The molecule has 2 aromatic heterocycles. The molecule has 1 N–H and O–H groups in total. The Bertz CT molecular complexity index is 481. The Labute approximate surface area is 99.3 Å². The molecule has 0 aliphatic rings. The van der Waals surface area contributed by atoms with E-state index in [1.165, 1.54) is 0 Å². The van der Waals surface area contributed by atoms with E-state index in [1.807, 2.05) is 6.07 Å². The third-order valence-electron chi connectivity index (χ3n) is 1.96. The molecule has 3 nitrogen and oxygen atoms in total. The van der Waals surface area contributed by atoms with Gasteiger partial charge in [0.2, 0.25) is 0 Å². The largest absolute Gasteiger partial charge is 0.434 e. The van der Waals surface area contributed by atoms with Crippen LogP contribution in [0.5, 0.6) is 0 Å². The fourth-order valence-corrected chi connectivity index (χ4v) is 1.88. The monoisotopic (exact) mass is 259 g/mol. The minimum absolute atomic E-state index is 0.251. The van der Waals surface area contributed by atoms with Gasteiger partial charge in [0.1, 0.15) is 0 Å². The van der Waals surface area contributed by atoms with Crippen molar-refractivity contribution in [2.75, 3.05) is 5.32 Å². The summed E-state index contributed by atoms with van der Waals surface area (Å²) < 4.78 is 36.8. The van der Waals surface area contributed by atoms with Crippen LogP contribution in [0.3, 0.4) is 0 Å². The van der Waals surface area contributed by atoms with Gasteiger partial charge in [0.25, 0.3) is 0 Å². The minimum Gasteiger partial charge on any atom is -0.357 e. The summed E-state index contributed by atoms with van der Waals surface area (Å²) in [5, 5.41) is 4.06. The van der Waals surface area contributed by atoms with Crippen LogP contribution in [-0.2, 0) is 12.7 Å². The maximum Gasteiger partial charge on any atom is 0.434 e. The zero-order valence-electron chi connectivity index (χ0n) is 8.53. The summed E-state index contributed by atoms with van der Waals surface area (Å²) in [6.45, 7) is 0.401. The van der Waals surface area contributed by atoms with Crippen LogP contribution in [0, 0.1) is 0 Å². The normalized spacial score (nSPS) is 11.5. The molecular weight excluding hydrogens is 251 g/mol. The molecular formula is C10H8F3N3S. The number of alkyl halides is 3. The third kappa shape index (κ3) is 3.16. The maximum atomic E-state index is 12.3. The highest BCUT2D eigenvalue weighted by Crippen LogP contribution is 2.31. The fraction of sp³-hybridized carbons (Fsp3) is 0.200. The van der Waals surface area contributed by atoms with Crippen molar-refractivity contribution in [3.63, 3.8) is 0 Å². The number of thiazole rings is 1. The smallest absolute Gasteiger partial charge is 0.357 e. The number of anilines is 1. The quantitative estimate of drug-likeness (QED) is 0.920. The Morgan fingerprint density at radius 1 is 1.35 bits per heavy atom. The van der Waals surface area contributed by atoms with Gasteiger partial charge in [-0.25, -0.2) is 4.98 Å². The van der Waals surface area contributed by atoms with E-state index in [-0.39, 0.29) is 5.13 Å². The van der Waals surface area contributed by atoms with Crippen molar-refractivity contribution in [2.24, 2.45) is 0 Å². The van der Waals surface area contributed by atoms with Gasteiger partial charge in [-0.3, -0.25) is 4.98 Å². The van der Waals surface area contributed by atoms with Gasteiger partial charge >= 0.3 is 6.18 Å². The average Bonchev–Trinajstić information content (AvgIpc) is 2.76. The lowest BCUT2D eigenvalue weighted by Crippen LogP contribution is -2.06. The Morgan fingerprint density at radius 2 is 2.18 bits per heavy atom. The fourth-order valence-electron chi connectivity index (χ4n) is 1.17. The first-order valence-corrected chi connectivity index (χ1v) is 5.59. The number of pyridine rings is 1. The van der Waals surface area contributed by atoms with Gasteiger partial charge < -0.3 is 5.32 Å². The first-order chi connectivity index (χ1) is 8.05. The Morgan fingerprint density at radius 3 is 2.76 bits per heavy atom. The molecule has 90 valence electrons. The number of nitrogens with zero attached hydrogens (tertiary/aromatic N) is 2. The van der Waals surface area contributed by atoms with E-state index >= 15 is 0 Å². The number of hydrogen-bond acceptors (Lipinski definition) is 4. The summed E-state index contributed by atoms with van der Waals surface area (Å²) in [6.07, 6.45) is -1.11. The van der Waals surface area contributed by atoms with Crippen molar-refractivity contribution < 1.29 is 13.2 Å². The van der Waals surface area contributed by atoms with Gasteiger partial charge in [0.15, 0.2) is 10.8 Å². The summed E-state index contributed by atoms with van der Waals surface area (Å²) in [5.74, 6) is 0. The van der Waals surface area contributed by atoms with Crippen molar-refractivity contribution >= 4 is 16.5 Å². The molecule has 0 saturated heterocycles. The van der Waals surface area contributed by atoms with E-state index in [1.54, 1.807) is 18.5 Å². The van der Waals surface area contributed by atoms with Crippen LogP contribution in [0.25, 0.3) is 0 Å². The summed E-state index contributed by atoms with van der Waals surface area (Å²) >= 11 is 0.933. The van der Waals surface area contributed by atoms with Crippen molar-refractivity contribution in [1.29, 1.82) is 0 Å². The third-order valence-corrected chi connectivity index (χ3v) is 2.76. The van der Waals surface area contributed by atoms with Gasteiger partial charge in [0, 0.05) is 24.3 Å². The molecule has 2 heterocycles. The molecule has 0 spiro atoms. The predicted molar refractivity (Wildman–Crippen MR) is 58.7 cm³/mol. The zero-order valence-corrected chi connectivity index (χ0v) is 9.35. The molecule has 0 bridgehead atoms. The SMILES string of the molecule is FC(F)(F)c1csc(NCc2cccnc2)n1. The Hall–Kier alpha value is -1.63. The zero-order chi connectivity index (χ0) is 12.3. The highest BCUT2D eigenvalue weighted by molar-refractivity contribution is 7.13. The van der Waals surface area contributed by atoms with Crippen molar-refractivity contribution in [1.82, 2.24) is 9.97 Å². The van der Waals surface area contributed by atoms with Gasteiger partial charge in [-0.05, 0) is 11.6 Å². The lowest BCUT2D eigenvalue weighted by molar-refractivity contribution is -0.140. The van der Waals surface area contributed by atoms with Crippen LogP contribution in [0.1, 0.15) is 11.3 Å². The van der Waals surface area contributed by atoms with Gasteiger partial charge in [-0.15, -0.1) is 11.3 Å². The van der Waals surface area contributed by atoms with E-state index in [4.69, 9.17) is 0 Å². The van der Waals surface area contributed by atoms with E-state index in [0.717, 1.165) is 22.3 Å². The van der Waals surface area contributed by atoms with Crippen LogP contribution >= 0.6 is 11.3 Å². The van der Waals surface area contributed by atoms with E-state index in [0.29, 0.717) is 6.54 Å². The second-order valence-electron chi connectivity index (χ2n) is 3.25. The lowest BCUT2D eigenvalue weighted by Gasteiger charge is -2.02. The molecule has 0 radical (unpaired) electrons. The summed E-state index contributed by atoms with van der Waals surface area (Å²) in [6, 6.07) is 3.60. The summed E-state index contributed by atoms with van der Waals surface area (Å²) in [4.78, 5) is 7.36. The average molecular weight is 259 g/mol. The van der Waals surface area contributed by atoms with Gasteiger partial charge in [-0.1, -0.05) is 6.07 Å². The van der Waals surface area contributed by atoms with Crippen LogP contribution in [0.15, 0.2) is 29.9 Å². The highest BCUT2D eigenvalue weighted by atomic mass is 32.1. The minimum atomic E-state index is -4.38. The summed E-state index contributed by atoms with van der Waals surface area (Å²) in [7, 11) is 0. The van der Waals surface area contributed by atoms with E-state index < -0.39 is 11.9 Å². The molecule has 7 heteroatoms. The van der Waals surface area contributed by atoms with E-state index in [2.05, 4.69) is 15.3 Å². The Kier molecular flexibility index (Phi) is 3.28. The van der Waals surface area contributed by atoms with Crippen LogP contribution in [0.4, 0.5) is 18.3 Å². The molecule has 2 aromatic rings. The second-order valence-corrected chi connectivity index (χ2v) is 4.11. The number of hydrogen-bond donors (Lipinski definition) is 1. The topological polar surface area (TPSA) is 37.8 Å². The molecule has 0 atom stereocenters. The number of aromatic nitrogens is 2. The van der Waals surface area contributed by atoms with Crippen LogP contribution in [0.2, 0.25) is 0 Å². The summed E-state index contributed by atoms with van der Waals surface area (Å²) in [5.41, 5.74) is 0.0208. The number of halogens is 3. The Balaban J connectivity index is 1.99. The lowest BCUT2D eigenvalue weighted by atomic mass is 10.3. The van der Waals surface area contributed by atoms with Crippen molar-refractivity contribution in [3.05, 3.63) is 41.2 Å². The molecule has 2 rings (SSSR count). The molecule has 0 aliphatic carbocycles. The standard InChI is InChI=1S/C10H8F3N3S/c11-10(12,13)8-6-17-9(16-8)15-5-7-2-1-3-14-4-7/h1-4,6H,5H2,(H,15,16). The van der Waals surface area contributed by atoms with E-state index in [9.17, 15) is 13.2 Å². The van der Waals surface area contributed by atoms with Gasteiger partial charge in [-0.2, -0.15) is 13.2 Å². The number of nitrogens with one attached hydrogen (secondary N) is 1. The molecule has 0 saturated carbocycles. The molecule has 0 amide bonds. The van der Waals surface area contributed by atoms with Crippen LogP contribution < -0.4 is 5.32 Å². The van der Waals surface area contributed by atoms with Crippen LogP contribution in [-0.4, -0.2) is 9.97 Å².